The van der Waals surface area contributed by atoms with E-state index in [2.05, 4.69) is 15.1 Å². The third-order valence-corrected chi connectivity index (χ3v) is 4.71. The number of nitrogens with one attached hydrogen (secondary N) is 1. The number of piperidine rings is 1. The fourth-order valence-corrected chi connectivity index (χ4v) is 3.73. The molecule has 1 amide bonds. The topological polar surface area (TPSA) is 35.6 Å². The van der Waals surface area contributed by atoms with Crippen molar-refractivity contribution in [3.63, 3.8) is 0 Å². The number of amides is 1. The van der Waals surface area contributed by atoms with E-state index in [9.17, 15) is 4.79 Å². The summed E-state index contributed by atoms with van der Waals surface area (Å²) in [5.74, 6) is 1.22. The molecule has 3 heterocycles. The van der Waals surface area contributed by atoms with E-state index in [-0.39, 0.29) is 0 Å². The molecule has 0 bridgehead atoms. The van der Waals surface area contributed by atoms with Crippen LogP contribution in [0.25, 0.3) is 0 Å². The summed E-state index contributed by atoms with van der Waals surface area (Å²) in [4.78, 5) is 16.5. The Hall–Kier alpha value is -0.610. The zero-order chi connectivity index (χ0) is 12.4. The van der Waals surface area contributed by atoms with Crippen LogP contribution in [-0.4, -0.2) is 61.0 Å². The van der Waals surface area contributed by atoms with Crippen molar-refractivity contribution in [3.05, 3.63) is 0 Å². The molecule has 2 atom stereocenters. The Morgan fingerprint density at radius 3 is 2.89 bits per heavy atom. The van der Waals surface area contributed by atoms with E-state index in [1.165, 1.54) is 45.4 Å². The summed E-state index contributed by atoms with van der Waals surface area (Å²) in [5.41, 5.74) is 0. The first-order chi connectivity index (χ1) is 8.83. The maximum Gasteiger partial charge on any atom is 0.222 e. The number of nitrogens with zero attached hydrogens (tertiary/aromatic N) is 2. The molecule has 3 rings (SSSR count). The SMILES string of the molecule is O=C1CCCN1C1CCN(CC2CCCNC2)C1. The van der Waals surface area contributed by atoms with Crippen LogP contribution in [0.1, 0.15) is 32.1 Å². The lowest BCUT2D eigenvalue weighted by Crippen LogP contribution is -2.41. The average Bonchev–Trinajstić information content (AvgIpc) is 2.99. The van der Waals surface area contributed by atoms with Gasteiger partial charge in [-0.25, -0.2) is 0 Å². The van der Waals surface area contributed by atoms with Crippen LogP contribution in [0.15, 0.2) is 0 Å². The average molecular weight is 251 g/mol. The third kappa shape index (κ3) is 2.69. The molecule has 4 heteroatoms. The summed E-state index contributed by atoms with van der Waals surface area (Å²) in [7, 11) is 0. The summed E-state index contributed by atoms with van der Waals surface area (Å²) < 4.78 is 0. The molecule has 0 aromatic rings. The van der Waals surface area contributed by atoms with Crippen molar-refractivity contribution in [2.75, 3.05) is 39.3 Å². The molecular weight excluding hydrogens is 226 g/mol. The minimum Gasteiger partial charge on any atom is -0.338 e. The molecule has 102 valence electrons. The Bertz CT molecular complexity index is 301. The number of carbonyl (C=O) groups excluding carboxylic acids is 1. The van der Waals surface area contributed by atoms with Crippen LogP contribution < -0.4 is 5.32 Å². The highest BCUT2D eigenvalue weighted by molar-refractivity contribution is 5.78. The number of hydrogen-bond donors (Lipinski definition) is 1. The van der Waals surface area contributed by atoms with Gasteiger partial charge in [-0.1, -0.05) is 0 Å². The van der Waals surface area contributed by atoms with Crippen molar-refractivity contribution >= 4 is 5.91 Å². The van der Waals surface area contributed by atoms with Crippen LogP contribution in [0.5, 0.6) is 0 Å². The Morgan fingerprint density at radius 1 is 1.22 bits per heavy atom. The molecule has 2 unspecified atom stereocenters. The third-order valence-electron chi connectivity index (χ3n) is 4.71. The monoisotopic (exact) mass is 251 g/mol. The zero-order valence-electron chi connectivity index (χ0n) is 11.2. The quantitative estimate of drug-likeness (QED) is 0.801. The fourth-order valence-electron chi connectivity index (χ4n) is 3.73. The number of hydrogen-bond acceptors (Lipinski definition) is 3. The highest BCUT2D eigenvalue weighted by atomic mass is 16.2. The molecule has 0 spiro atoms. The Morgan fingerprint density at radius 2 is 2.17 bits per heavy atom. The van der Waals surface area contributed by atoms with E-state index in [4.69, 9.17) is 0 Å². The standard InChI is InChI=1S/C14H25N3O/c18-14-4-2-7-17(14)13-5-8-16(11-13)10-12-3-1-6-15-9-12/h12-13,15H,1-11H2. The second kappa shape index (κ2) is 5.57. The summed E-state index contributed by atoms with van der Waals surface area (Å²) in [5, 5.41) is 3.49. The lowest BCUT2D eigenvalue weighted by Gasteiger charge is -2.28. The molecule has 0 saturated carbocycles. The van der Waals surface area contributed by atoms with Crippen LogP contribution in [-0.2, 0) is 4.79 Å². The molecule has 3 aliphatic rings. The molecule has 0 radical (unpaired) electrons. The minimum absolute atomic E-state index is 0.390. The maximum atomic E-state index is 11.8. The second-order valence-corrected chi connectivity index (χ2v) is 6.11. The molecule has 0 aromatic heterocycles. The fraction of sp³-hybridized carbons (Fsp3) is 0.929. The van der Waals surface area contributed by atoms with Gasteiger partial charge in [0.25, 0.3) is 0 Å². The summed E-state index contributed by atoms with van der Waals surface area (Å²) in [6, 6.07) is 0.511. The Balaban J connectivity index is 1.47. The molecule has 0 aromatic carbocycles. The van der Waals surface area contributed by atoms with Crippen LogP contribution in [0.3, 0.4) is 0 Å². The molecule has 0 aliphatic carbocycles. The van der Waals surface area contributed by atoms with E-state index in [1.54, 1.807) is 0 Å². The van der Waals surface area contributed by atoms with Gasteiger partial charge in [0.05, 0.1) is 0 Å². The smallest absolute Gasteiger partial charge is 0.222 e. The minimum atomic E-state index is 0.390. The van der Waals surface area contributed by atoms with Crippen LogP contribution in [0, 0.1) is 5.92 Å². The van der Waals surface area contributed by atoms with Crippen molar-refractivity contribution in [2.24, 2.45) is 5.92 Å². The highest BCUT2D eigenvalue weighted by Crippen LogP contribution is 2.23. The number of likely N-dealkylation sites (tertiary alicyclic amines) is 2. The Labute approximate surface area is 110 Å². The highest BCUT2D eigenvalue weighted by Gasteiger charge is 2.33. The van der Waals surface area contributed by atoms with E-state index in [0.29, 0.717) is 11.9 Å². The van der Waals surface area contributed by atoms with Gasteiger partial charge in [0.15, 0.2) is 0 Å². The lowest BCUT2D eigenvalue weighted by molar-refractivity contribution is -0.129. The molecule has 4 nitrogen and oxygen atoms in total. The molecular formula is C14H25N3O. The summed E-state index contributed by atoms with van der Waals surface area (Å²) in [6.07, 6.45) is 5.74. The molecule has 3 saturated heterocycles. The first-order valence-electron chi connectivity index (χ1n) is 7.55. The van der Waals surface area contributed by atoms with Gasteiger partial charge in [0, 0.05) is 38.6 Å². The molecule has 3 fully saturated rings. The normalized spacial score (nSPS) is 34.4. The van der Waals surface area contributed by atoms with Gasteiger partial charge in [-0.05, 0) is 44.7 Å². The molecule has 3 aliphatic heterocycles. The van der Waals surface area contributed by atoms with Gasteiger partial charge in [-0.15, -0.1) is 0 Å². The predicted octanol–water partition coefficient (Wildman–Crippen LogP) is 0.683. The van der Waals surface area contributed by atoms with Crippen LogP contribution >= 0.6 is 0 Å². The van der Waals surface area contributed by atoms with Crippen molar-refractivity contribution in [1.82, 2.24) is 15.1 Å². The van der Waals surface area contributed by atoms with Crippen LogP contribution in [0.4, 0.5) is 0 Å². The van der Waals surface area contributed by atoms with Crippen molar-refractivity contribution in [2.45, 2.75) is 38.1 Å². The van der Waals surface area contributed by atoms with E-state index >= 15 is 0 Å². The van der Waals surface area contributed by atoms with Crippen molar-refractivity contribution in [3.8, 4) is 0 Å². The maximum absolute atomic E-state index is 11.8. The van der Waals surface area contributed by atoms with E-state index < -0.39 is 0 Å². The van der Waals surface area contributed by atoms with Gasteiger partial charge < -0.3 is 15.1 Å². The van der Waals surface area contributed by atoms with Gasteiger partial charge in [-0.2, -0.15) is 0 Å². The first-order valence-corrected chi connectivity index (χ1v) is 7.55. The molecule has 18 heavy (non-hydrogen) atoms. The zero-order valence-corrected chi connectivity index (χ0v) is 11.2. The van der Waals surface area contributed by atoms with Gasteiger partial charge >= 0.3 is 0 Å². The number of carbonyl (C=O) groups is 1. The van der Waals surface area contributed by atoms with Crippen LogP contribution in [0.2, 0.25) is 0 Å². The van der Waals surface area contributed by atoms with Crippen molar-refractivity contribution in [1.29, 1.82) is 0 Å². The molecule has 1 N–H and O–H groups in total. The van der Waals surface area contributed by atoms with E-state index in [1.807, 2.05) is 0 Å². The second-order valence-electron chi connectivity index (χ2n) is 6.11. The van der Waals surface area contributed by atoms with Gasteiger partial charge in [0.2, 0.25) is 5.91 Å². The van der Waals surface area contributed by atoms with Crippen molar-refractivity contribution < 1.29 is 4.79 Å². The Kier molecular flexibility index (Phi) is 3.85. The first kappa shape index (κ1) is 12.4. The number of rotatable bonds is 3. The summed E-state index contributed by atoms with van der Waals surface area (Å²) >= 11 is 0. The lowest BCUT2D eigenvalue weighted by atomic mass is 9.99. The predicted molar refractivity (Wildman–Crippen MR) is 71.4 cm³/mol. The van der Waals surface area contributed by atoms with Gasteiger partial charge in [0.1, 0.15) is 0 Å². The van der Waals surface area contributed by atoms with E-state index in [0.717, 1.165) is 31.8 Å². The van der Waals surface area contributed by atoms with Gasteiger partial charge in [-0.3, -0.25) is 4.79 Å². The summed E-state index contributed by atoms with van der Waals surface area (Å²) in [6.45, 7) is 6.91. The largest absolute Gasteiger partial charge is 0.338 e.